The lowest BCUT2D eigenvalue weighted by molar-refractivity contribution is -0.124. The first-order valence-electron chi connectivity index (χ1n) is 7.11. The third kappa shape index (κ3) is 2.61. The average molecular weight is 289 g/mol. The summed E-state index contributed by atoms with van der Waals surface area (Å²) in [5, 5.41) is 12.3. The molecule has 0 bridgehead atoms. The van der Waals surface area contributed by atoms with E-state index in [0.29, 0.717) is 5.57 Å². The first-order chi connectivity index (χ1) is 10.7. The second-order valence-electron chi connectivity index (χ2n) is 5.33. The van der Waals surface area contributed by atoms with Crippen molar-refractivity contribution in [1.29, 1.82) is 5.26 Å². The van der Waals surface area contributed by atoms with Gasteiger partial charge in [0.1, 0.15) is 0 Å². The average Bonchev–Trinajstić information content (AvgIpc) is 2.58. The highest BCUT2D eigenvalue weighted by Crippen LogP contribution is 2.29. The highest BCUT2D eigenvalue weighted by Gasteiger charge is 2.27. The van der Waals surface area contributed by atoms with Gasteiger partial charge >= 0.3 is 0 Å². The lowest BCUT2D eigenvalue weighted by atomic mass is 9.90. The number of amides is 1. The summed E-state index contributed by atoms with van der Waals surface area (Å²) in [5.74, 6) is -0.326. The Kier molecular flexibility index (Phi) is 3.71. The van der Waals surface area contributed by atoms with Crippen molar-refractivity contribution in [2.24, 2.45) is 5.92 Å². The number of pyridine rings is 1. The summed E-state index contributed by atoms with van der Waals surface area (Å²) in [6.07, 6.45) is 5.22. The van der Waals surface area contributed by atoms with Crippen LogP contribution in [0, 0.1) is 17.2 Å². The van der Waals surface area contributed by atoms with Crippen LogP contribution in [0.2, 0.25) is 0 Å². The molecular weight excluding hydrogens is 274 g/mol. The normalized spacial score (nSPS) is 20.7. The summed E-state index contributed by atoms with van der Waals surface area (Å²) in [5.41, 5.74) is 3.57. The Morgan fingerprint density at radius 2 is 1.95 bits per heavy atom. The molecule has 0 aliphatic carbocycles. The van der Waals surface area contributed by atoms with E-state index in [2.05, 4.69) is 16.4 Å². The Morgan fingerprint density at radius 1 is 1.18 bits per heavy atom. The number of carbonyl (C=O) groups is 1. The number of rotatable bonds is 2. The Labute approximate surface area is 129 Å². The zero-order valence-electron chi connectivity index (χ0n) is 12.2. The van der Waals surface area contributed by atoms with Crippen molar-refractivity contribution < 1.29 is 4.79 Å². The van der Waals surface area contributed by atoms with Crippen molar-refractivity contribution in [1.82, 2.24) is 10.3 Å². The SMILES string of the molecule is CC1C=C(C#N)C(c2cccc(-c3ccncc3)c2)NC1=O. The van der Waals surface area contributed by atoms with Crippen LogP contribution in [0.4, 0.5) is 0 Å². The number of nitrogens with zero attached hydrogens (tertiary/aromatic N) is 2. The molecule has 2 aromatic rings. The largest absolute Gasteiger partial charge is 0.344 e. The molecule has 2 unspecified atom stereocenters. The molecule has 4 nitrogen and oxygen atoms in total. The summed E-state index contributed by atoms with van der Waals surface area (Å²) >= 11 is 0. The lowest BCUT2D eigenvalue weighted by Gasteiger charge is -2.25. The van der Waals surface area contributed by atoms with Gasteiger partial charge in [-0.1, -0.05) is 31.2 Å². The molecule has 1 aromatic carbocycles. The van der Waals surface area contributed by atoms with Gasteiger partial charge in [0.2, 0.25) is 5.91 Å². The van der Waals surface area contributed by atoms with Crippen LogP contribution in [0.5, 0.6) is 0 Å². The second kappa shape index (κ2) is 5.82. The van der Waals surface area contributed by atoms with Gasteiger partial charge in [0.15, 0.2) is 0 Å². The van der Waals surface area contributed by atoms with Crippen LogP contribution in [-0.2, 0) is 4.79 Å². The minimum absolute atomic E-state index is 0.0571. The van der Waals surface area contributed by atoms with E-state index in [0.717, 1.165) is 16.7 Å². The summed E-state index contributed by atoms with van der Waals surface area (Å²) in [6.45, 7) is 1.79. The number of hydrogen-bond donors (Lipinski definition) is 1. The van der Waals surface area contributed by atoms with E-state index in [1.807, 2.05) is 36.4 Å². The zero-order valence-corrected chi connectivity index (χ0v) is 12.2. The van der Waals surface area contributed by atoms with Gasteiger partial charge in [-0.25, -0.2) is 0 Å². The molecule has 0 radical (unpaired) electrons. The van der Waals surface area contributed by atoms with E-state index >= 15 is 0 Å². The number of nitriles is 1. The topological polar surface area (TPSA) is 65.8 Å². The molecule has 3 rings (SSSR count). The molecule has 1 aliphatic rings. The van der Waals surface area contributed by atoms with Gasteiger partial charge in [-0.15, -0.1) is 0 Å². The molecule has 1 aliphatic heterocycles. The molecule has 0 spiro atoms. The summed E-state index contributed by atoms with van der Waals surface area (Å²) in [4.78, 5) is 15.9. The third-order valence-electron chi connectivity index (χ3n) is 3.80. The van der Waals surface area contributed by atoms with E-state index in [1.54, 1.807) is 25.4 Å². The minimum Gasteiger partial charge on any atom is -0.344 e. The molecule has 22 heavy (non-hydrogen) atoms. The quantitative estimate of drug-likeness (QED) is 0.924. The molecule has 2 heterocycles. The Hall–Kier alpha value is -2.93. The standard InChI is InChI=1S/C18H15N3O/c1-12-9-16(11-19)17(21-18(12)22)15-4-2-3-14(10-15)13-5-7-20-8-6-13/h2-10,12,17H,1H3,(H,21,22). The number of benzene rings is 1. The maximum Gasteiger partial charge on any atom is 0.227 e. The second-order valence-corrected chi connectivity index (χ2v) is 5.33. The van der Waals surface area contributed by atoms with E-state index < -0.39 is 0 Å². The van der Waals surface area contributed by atoms with Crippen molar-refractivity contribution in [3.8, 4) is 17.2 Å². The fourth-order valence-electron chi connectivity index (χ4n) is 2.60. The first-order valence-corrected chi connectivity index (χ1v) is 7.11. The van der Waals surface area contributed by atoms with E-state index in [-0.39, 0.29) is 17.9 Å². The summed E-state index contributed by atoms with van der Waals surface area (Å²) < 4.78 is 0. The van der Waals surface area contributed by atoms with Crippen LogP contribution in [0.25, 0.3) is 11.1 Å². The molecule has 1 aromatic heterocycles. The summed E-state index contributed by atoms with van der Waals surface area (Å²) in [7, 11) is 0. The van der Waals surface area contributed by atoms with E-state index in [4.69, 9.17) is 0 Å². The van der Waals surface area contributed by atoms with Crippen molar-refractivity contribution >= 4 is 5.91 Å². The number of aromatic nitrogens is 1. The van der Waals surface area contributed by atoms with Gasteiger partial charge < -0.3 is 5.32 Å². The van der Waals surface area contributed by atoms with Crippen molar-refractivity contribution in [3.05, 3.63) is 66.0 Å². The predicted molar refractivity (Wildman–Crippen MR) is 83.4 cm³/mol. The molecule has 108 valence electrons. The van der Waals surface area contributed by atoms with Crippen molar-refractivity contribution in [2.75, 3.05) is 0 Å². The highest BCUT2D eigenvalue weighted by molar-refractivity contribution is 5.83. The van der Waals surface area contributed by atoms with Crippen molar-refractivity contribution in [3.63, 3.8) is 0 Å². The van der Waals surface area contributed by atoms with E-state index in [1.165, 1.54) is 0 Å². The molecule has 0 saturated carbocycles. The van der Waals surface area contributed by atoms with Gasteiger partial charge in [0.05, 0.1) is 23.6 Å². The van der Waals surface area contributed by atoms with Gasteiger partial charge in [-0.05, 0) is 34.9 Å². The molecule has 4 heteroatoms. The number of hydrogen-bond acceptors (Lipinski definition) is 3. The fraction of sp³-hybridized carbons (Fsp3) is 0.167. The lowest BCUT2D eigenvalue weighted by Crippen LogP contribution is -2.37. The van der Waals surface area contributed by atoms with Crippen LogP contribution in [-0.4, -0.2) is 10.9 Å². The van der Waals surface area contributed by atoms with Gasteiger partial charge in [0, 0.05) is 12.4 Å². The van der Waals surface area contributed by atoms with Gasteiger partial charge in [-0.2, -0.15) is 5.26 Å². The maximum atomic E-state index is 11.9. The molecule has 1 amide bonds. The van der Waals surface area contributed by atoms with Crippen LogP contribution >= 0.6 is 0 Å². The Balaban J connectivity index is 2.01. The van der Waals surface area contributed by atoms with Crippen LogP contribution in [0.15, 0.2) is 60.4 Å². The molecular formula is C18H15N3O. The number of carbonyl (C=O) groups excluding carboxylic acids is 1. The molecule has 0 fully saturated rings. The molecule has 1 N–H and O–H groups in total. The molecule has 0 saturated heterocycles. The van der Waals surface area contributed by atoms with E-state index in [9.17, 15) is 10.1 Å². The van der Waals surface area contributed by atoms with Gasteiger partial charge in [-0.3, -0.25) is 9.78 Å². The Morgan fingerprint density at radius 3 is 2.68 bits per heavy atom. The zero-order chi connectivity index (χ0) is 15.5. The van der Waals surface area contributed by atoms with Crippen molar-refractivity contribution in [2.45, 2.75) is 13.0 Å². The predicted octanol–water partition coefficient (Wildman–Crippen LogP) is 3.01. The third-order valence-corrected chi connectivity index (χ3v) is 3.80. The van der Waals surface area contributed by atoms with Crippen LogP contribution in [0.3, 0.4) is 0 Å². The minimum atomic E-state index is -0.379. The highest BCUT2D eigenvalue weighted by atomic mass is 16.1. The Bertz CT molecular complexity index is 774. The van der Waals surface area contributed by atoms with Crippen LogP contribution < -0.4 is 5.32 Å². The summed E-state index contributed by atoms with van der Waals surface area (Å²) in [6, 6.07) is 13.5. The van der Waals surface area contributed by atoms with Gasteiger partial charge in [0.25, 0.3) is 0 Å². The smallest absolute Gasteiger partial charge is 0.227 e. The fourth-order valence-corrected chi connectivity index (χ4v) is 2.60. The maximum absolute atomic E-state index is 11.9. The monoisotopic (exact) mass is 289 g/mol. The number of nitrogens with one attached hydrogen (secondary N) is 1. The first kappa shape index (κ1) is 14.0. The molecule has 2 atom stereocenters. The van der Waals surface area contributed by atoms with Crippen LogP contribution in [0.1, 0.15) is 18.5 Å².